The number of rotatable bonds is 5. The fourth-order valence-electron chi connectivity index (χ4n) is 4.02. The fraction of sp³-hybridized carbons (Fsp3) is 0.526. The molecule has 0 spiro atoms. The lowest BCUT2D eigenvalue weighted by atomic mass is 10.0. The van der Waals surface area contributed by atoms with Crippen molar-refractivity contribution in [2.75, 3.05) is 18.8 Å². The monoisotopic (exact) mass is 359 g/mol. The highest BCUT2D eigenvalue weighted by atomic mass is 32.2. The Balaban J connectivity index is 1.46. The molecule has 1 aliphatic carbocycles. The fourth-order valence-corrected chi connectivity index (χ4v) is 5.30. The van der Waals surface area contributed by atoms with E-state index in [0.29, 0.717) is 11.4 Å². The Bertz CT molecular complexity index is 806. The molecular formula is C19H25N3O2S. The van der Waals surface area contributed by atoms with Crippen LogP contribution in [0.1, 0.15) is 48.9 Å². The Morgan fingerprint density at radius 3 is 2.72 bits per heavy atom. The highest BCUT2D eigenvalue weighted by molar-refractivity contribution is 7.91. The van der Waals surface area contributed by atoms with Gasteiger partial charge >= 0.3 is 0 Å². The van der Waals surface area contributed by atoms with Crippen molar-refractivity contribution >= 4 is 9.84 Å². The Labute approximate surface area is 149 Å². The normalized spacial score (nSPS) is 21.4. The molecule has 2 aromatic rings. The van der Waals surface area contributed by atoms with Crippen LogP contribution in [0, 0.1) is 0 Å². The third kappa shape index (κ3) is 3.51. The predicted octanol–water partition coefficient (Wildman–Crippen LogP) is 2.90. The van der Waals surface area contributed by atoms with Crippen LogP contribution in [0.5, 0.6) is 0 Å². The van der Waals surface area contributed by atoms with E-state index in [9.17, 15) is 8.42 Å². The van der Waals surface area contributed by atoms with Crippen LogP contribution in [0.2, 0.25) is 0 Å². The summed E-state index contributed by atoms with van der Waals surface area (Å²) in [4.78, 5) is 11.1. The summed E-state index contributed by atoms with van der Waals surface area (Å²) in [6.45, 7) is 1.51. The van der Waals surface area contributed by atoms with Gasteiger partial charge in [-0.3, -0.25) is 4.90 Å². The van der Waals surface area contributed by atoms with Crippen molar-refractivity contribution in [2.24, 2.45) is 0 Å². The molecule has 1 fully saturated rings. The molecule has 1 aliphatic heterocycles. The first-order valence-electron chi connectivity index (χ1n) is 9.23. The summed E-state index contributed by atoms with van der Waals surface area (Å²) < 4.78 is 25.1. The van der Waals surface area contributed by atoms with Gasteiger partial charge < -0.3 is 4.98 Å². The molecule has 1 aromatic heterocycles. The number of aromatic amines is 1. The number of fused-ring (bicyclic) bond motifs is 1. The van der Waals surface area contributed by atoms with Crippen LogP contribution in [0.15, 0.2) is 35.2 Å². The van der Waals surface area contributed by atoms with E-state index in [1.807, 2.05) is 6.07 Å². The third-order valence-electron chi connectivity index (χ3n) is 5.40. The zero-order valence-corrected chi connectivity index (χ0v) is 15.3. The van der Waals surface area contributed by atoms with E-state index < -0.39 is 9.84 Å². The van der Waals surface area contributed by atoms with Crippen molar-refractivity contribution in [2.45, 2.75) is 49.5 Å². The maximum absolute atomic E-state index is 12.5. The molecule has 1 unspecified atom stereocenters. The van der Waals surface area contributed by atoms with E-state index in [1.54, 1.807) is 24.3 Å². The molecule has 1 N–H and O–H groups in total. The number of hydrogen-bond acceptors (Lipinski definition) is 4. The smallest absolute Gasteiger partial charge is 0.179 e. The minimum atomic E-state index is -3.23. The molecule has 0 amide bonds. The zero-order valence-electron chi connectivity index (χ0n) is 14.4. The van der Waals surface area contributed by atoms with Crippen LogP contribution in [-0.4, -0.2) is 42.1 Å². The van der Waals surface area contributed by atoms with Gasteiger partial charge in [-0.05, 0) is 57.2 Å². The molecule has 2 heterocycles. The average Bonchev–Trinajstić information content (AvgIpc) is 3.27. The predicted molar refractivity (Wildman–Crippen MR) is 97.3 cm³/mol. The quantitative estimate of drug-likeness (QED) is 0.891. The molecule has 6 heteroatoms. The lowest BCUT2D eigenvalue weighted by Gasteiger charge is -2.22. The summed E-state index contributed by atoms with van der Waals surface area (Å²) in [7, 11) is -3.23. The molecule has 134 valence electrons. The van der Waals surface area contributed by atoms with Crippen LogP contribution in [-0.2, 0) is 22.7 Å². The molecular weight excluding hydrogens is 334 g/mol. The first kappa shape index (κ1) is 16.8. The molecule has 25 heavy (non-hydrogen) atoms. The Morgan fingerprint density at radius 1 is 1.12 bits per heavy atom. The molecule has 2 aliphatic rings. The lowest BCUT2D eigenvalue weighted by molar-refractivity contribution is 0.263. The molecule has 0 radical (unpaired) electrons. The average molecular weight is 359 g/mol. The number of aromatic nitrogens is 2. The van der Waals surface area contributed by atoms with Crippen molar-refractivity contribution in [3.8, 4) is 0 Å². The summed E-state index contributed by atoms with van der Waals surface area (Å²) in [5.74, 6) is 1.20. The number of benzene rings is 1. The van der Waals surface area contributed by atoms with Gasteiger partial charge in [0.2, 0.25) is 0 Å². The number of sulfone groups is 1. The zero-order chi connectivity index (χ0) is 17.3. The highest BCUT2D eigenvalue weighted by Crippen LogP contribution is 2.32. The number of nitrogens with zero attached hydrogens (tertiary/aromatic N) is 2. The second kappa shape index (κ2) is 6.92. The van der Waals surface area contributed by atoms with E-state index in [-0.39, 0.29) is 11.8 Å². The van der Waals surface area contributed by atoms with Gasteiger partial charge in [-0.15, -0.1) is 0 Å². The molecule has 4 rings (SSSR count). The summed E-state index contributed by atoms with van der Waals surface area (Å²) in [5, 5.41) is 0. The number of likely N-dealkylation sites (tertiary alicyclic amines) is 1. The minimum Gasteiger partial charge on any atom is -0.344 e. The maximum atomic E-state index is 12.5. The van der Waals surface area contributed by atoms with E-state index in [2.05, 4.69) is 9.88 Å². The number of H-pyrrole nitrogens is 1. The number of aryl methyl sites for hydroxylation is 2. The van der Waals surface area contributed by atoms with E-state index >= 15 is 0 Å². The van der Waals surface area contributed by atoms with Gasteiger partial charge in [0.1, 0.15) is 5.82 Å². The van der Waals surface area contributed by atoms with Crippen LogP contribution in [0.3, 0.4) is 0 Å². The molecule has 5 nitrogen and oxygen atoms in total. The lowest BCUT2D eigenvalue weighted by Crippen LogP contribution is -2.29. The van der Waals surface area contributed by atoms with Gasteiger partial charge in [-0.2, -0.15) is 0 Å². The van der Waals surface area contributed by atoms with Crippen LogP contribution in [0.4, 0.5) is 0 Å². The van der Waals surface area contributed by atoms with Gasteiger partial charge in [0.05, 0.1) is 22.4 Å². The first-order chi connectivity index (χ1) is 12.1. The van der Waals surface area contributed by atoms with Crippen LogP contribution >= 0.6 is 0 Å². The second-order valence-corrected chi connectivity index (χ2v) is 9.19. The minimum absolute atomic E-state index is 0.161. The molecule has 1 saturated heterocycles. The summed E-state index contributed by atoms with van der Waals surface area (Å²) >= 11 is 0. The van der Waals surface area contributed by atoms with Gasteiger partial charge in [-0.25, -0.2) is 13.4 Å². The Kier molecular flexibility index (Phi) is 4.65. The van der Waals surface area contributed by atoms with E-state index in [4.69, 9.17) is 4.98 Å². The summed E-state index contributed by atoms with van der Waals surface area (Å²) in [6.07, 6.45) is 6.77. The maximum Gasteiger partial charge on any atom is 0.179 e. The molecule has 1 aromatic carbocycles. The third-order valence-corrected chi connectivity index (χ3v) is 7.11. The van der Waals surface area contributed by atoms with Crippen molar-refractivity contribution in [1.82, 2.24) is 14.9 Å². The largest absolute Gasteiger partial charge is 0.344 e. The van der Waals surface area contributed by atoms with E-state index in [0.717, 1.165) is 38.1 Å². The number of nitrogens with one attached hydrogen (secondary N) is 1. The molecule has 0 saturated carbocycles. The van der Waals surface area contributed by atoms with Gasteiger partial charge in [-0.1, -0.05) is 18.2 Å². The second-order valence-electron chi connectivity index (χ2n) is 7.08. The van der Waals surface area contributed by atoms with Gasteiger partial charge in [0, 0.05) is 12.2 Å². The van der Waals surface area contributed by atoms with Crippen molar-refractivity contribution in [3.05, 3.63) is 47.5 Å². The van der Waals surface area contributed by atoms with Crippen LogP contribution in [0.25, 0.3) is 0 Å². The Morgan fingerprint density at radius 2 is 1.92 bits per heavy atom. The SMILES string of the molecule is O=S(=O)(CCN1CCCC1c1nc2c([nH]1)CCCC2)c1ccccc1. The molecule has 1 atom stereocenters. The first-order valence-corrected chi connectivity index (χ1v) is 10.9. The summed E-state index contributed by atoms with van der Waals surface area (Å²) in [6, 6.07) is 8.98. The molecule has 0 bridgehead atoms. The topological polar surface area (TPSA) is 66.1 Å². The van der Waals surface area contributed by atoms with Crippen molar-refractivity contribution < 1.29 is 8.42 Å². The standard InChI is InChI=1S/C19H25N3O2S/c23-25(24,15-7-2-1-3-8-15)14-13-22-12-6-11-18(22)19-20-16-9-4-5-10-17(16)21-19/h1-3,7-8,18H,4-6,9-14H2,(H,20,21). The van der Waals surface area contributed by atoms with Crippen LogP contribution < -0.4 is 0 Å². The van der Waals surface area contributed by atoms with Crippen molar-refractivity contribution in [1.29, 1.82) is 0 Å². The highest BCUT2D eigenvalue weighted by Gasteiger charge is 2.30. The summed E-state index contributed by atoms with van der Waals surface area (Å²) in [5.41, 5.74) is 2.52. The van der Waals surface area contributed by atoms with Crippen molar-refractivity contribution in [3.63, 3.8) is 0 Å². The Hall–Kier alpha value is -1.66. The number of hydrogen-bond donors (Lipinski definition) is 1. The van der Waals surface area contributed by atoms with E-state index in [1.165, 1.54) is 24.2 Å². The van der Waals surface area contributed by atoms with Gasteiger partial charge in [0.15, 0.2) is 9.84 Å². The number of imidazole rings is 1. The van der Waals surface area contributed by atoms with Gasteiger partial charge in [0.25, 0.3) is 0 Å².